The van der Waals surface area contributed by atoms with Crippen LogP contribution in [0.4, 0.5) is 0 Å². The molecule has 1 saturated heterocycles. The zero-order valence-electron chi connectivity index (χ0n) is 13.0. The predicted molar refractivity (Wildman–Crippen MR) is 79.5 cm³/mol. The summed E-state index contributed by atoms with van der Waals surface area (Å²) in [5.41, 5.74) is 1.34. The van der Waals surface area contributed by atoms with Gasteiger partial charge >= 0.3 is 5.97 Å². The van der Waals surface area contributed by atoms with E-state index < -0.39 is 18.0 Å². The summed E-state index contributed by atoms with van der Waals surface area (Å²) in [6.45, 7) is 5.14. The summed E-state index contributed by atoms with van der Waals surface area (Å²) in [6.07, 6.45) is 2.82. The van der Waals surface area contributed by atoms with Crippen molar-refractivity contribution in [3.63, 3.8) is 0 Å². The average molecular weight is 318 g/mol. The molecule has 3 heterocycles. The number of rotatable bonds is 5. The zero-order valence-corrected chi connectivity index (χ0v) is 13.0. The summed E-state index contributed by atoms with van der Waals surface area (Å²) in [4.78, 5) is 26.1. The molecule has 0 saturated carbocycles. The fourth-order valence-electron chi connectivity index (χ4n) is 3.18. The van der Waals surface area contributed by atoms with Crippen LogP contribution >= 0.6 is 0 Å². The summed E-state index contributed by atoms with van der Waals surface area (Å²) < 4.78 is 6.63. The number of ether oxygens (including phenoxy) is 1. The van der Waals surface area contributed by atoms with Gasteiger partial charge in [0, 0.05) is 12.6 Å². The van der Waals surface area contributed by atoms with Crippen molar-refractivity contribution in [1.82, 2.24) is 19.9 Å². The molecule has 122 valence electrons. The normalized spacial score (nSPS) is 24.3. The maximum atomic E-state index is 12.4. The number of aliphatic hydroxyl groups is 1. The number of β-lactam (4-membered cyclic amide) rings is 1. The molecule has 0 spiro atoms. The third-order valence-corrected chi connectivity index (χ3v) is 4.17. The fourth-order valence-corrected chi connectivity index (χ4v) is 3.18. The molecule has 3 rings (SSSR count). The molecular formula is C15H18N4O4. The molecule has 0 radical (unpaired) electrons. The van der Waals surface area contributed by atoms with E-state index in [0.717, 1.165) is 0 Å². The lowest BCUT2D eigenvalue weighted by molar-refractivity contribution is -0.162. The minimum absolute atomic E-state index is 0.0581. The van der Waals surface area contributed by atoms with Gasteiger partial charge in [0.05, 0.1) is 24.3 Å². The van der Waals surface area contributed by atoms with E-state index in [4.69, 9.17) is 4.74 Å². The number of carbonyl (C=O) groups is 2. The largest absolute Gasteiger partial charge is 0.457 e. The van der Waals surface area contributed by atoms with E-state index in [1.54, 1.807) is 20.2 Å². The number of amides is 1. The molecular weight excluding hydrogens is 300 g/mol. The Labute approximate surface area is 133 Å². The number of carbonyl (C=O) groups excluding carboxylic acids is 2. The van der Waals surface area contributed by atoms with Gasteiger partial charge < -0.3 is 14.7 Å². The second-order valence-corrected chi connectivity index (χ2v) is 5.74. The van der Waals surface area contributed by atoms with E-state index in [9.17, 15) is 14.7 Å². The topological polar surface area (TPSA) is 97.5 Å². The maximum Gasteiger partial charge on any atom is 0.355 e. The van der Waals surface area contributed by atoms with Gasteiger partial charge in [-0.25, -0.2) is 4.79 Å². The Kier molecular flexibility index (Phi) is 3.77. The van der Waals surface area contributed by atoms with E-state index in [2.05, 4.69) is 16.9 Å². The first-order valence-electron chi connectivity index (χ1n) is 7.34. The number of aliphatic hydroxyl groups excluding tert-OH is 1. The number of fused-ring (bicyclic) bond motifs is 1. The fraction of sp³-hybridized carbons (Fsp3) is 0.467. The van der Waals surface area contributed by atoms with Crippen molar-refractivity contribution in [1.29, 1.82) is 0 Å². The van der Waals surface area contributed by atoms with E-state index in [1.165, 1.54) is 15.7 Å². The summed E-state index contributed by atoms with van der Waals surface area (Å²) in [6, 6.07) is -0.245. The zero-order chi connectivity index (χ0) is 16.7. The molecule has 1 aromatic heterocycles. The first-order chi connectivity index (χ1) is 11.0. The molecule has 8 heteroatoms. The van der Waals surface area contributed by atoms with Crippen LogP contribution in [0.1, 0.15) is 19.0 Å². The first-order valence-corrected chi connectivity index (χ1v) is 7.34. The van der Waals surface area contributed by atoms with E-state index >= 15 is 0 Å². The maximum absolute atomic E-state index is 12.4. The van der Waals surface area contributed by atoms with Gasteiger partial charge in [-0.3, -0.25) is 9.48 Å². The van der Waals surface area contributed by atoms with Crippen molar-refractivity contribution in [3.05, 3.63) is 30.2 Å². The minimum atomic E-state index is -0.768. The minimum Gasteiger partial charge on any atom is -0.457 e. The van der Waals surface area contributed by atoms with Gasteiger partial charge in [-0.1, -0.05) is 17.9 Å². The quantitative estimate of drug-likeness (QED) is 0.461. The third kappa shape index (κ3) is 2.35. The van der Waals surface area contributed by atoms with Gasteiger partial charge in [-0.15, -0.1) is 5.10 Å². The highest BCUT2D eigenvalue weighted by atomic mass is 16.5. The lowest BCUT2D eigenvalue weighted by atomic mass is 9.83. The van der Waals surface area contributed by atoms with Crippen LogP contribution in [0, 0.1) is 5.92 Å². The van der Waals surface area contributed by atoms with Crippen LogP contribution < -0.4 is 0 Å². The highest BCUT2D eigenvalue weighted by Crippen LogP contribution is 2.46. The summed E-state index contributed by atoms with van der Waals surface area (Å²) >= 11 is 0. The van der Waals surface area contributed by atoms with Crippen LogP contribution in [0.5, 0.6) is 0 Å². The Morgan fingerprint density at radius 3 is 2.96 bits per heavy atom. The number of hydrogen-bond acceptors (Lipinski definition) is 6. The van der Waals surface area contributed by atoms with Crippen LogP contribution in [-0.2, 0) is 21.4 Å². The van der Waals surface area contributed by atoms with Crippen molar-refractivity contribution in [3.8, 4) is 0 Å². The molecule has 23 heavy (non-hydrogen) atoms. The van der Waals surface area contributed by atoms with Crippen molar-refractivity contribution >= 4 is 17.4 Å². The molecule has 1 N–H and O–H groups in total. The van der Waals surface area contributed by atoms with Crippen molar-refractivity contribution in [2.75, 3.05) is 6.61 Å². The molecule has 1 aromatic rings. The molecule has 2 aliphatic rings. The van der Waals surface area contributed by atoms with Crippen LogP contribution in [-0.4, -0.2) is 55.6 Å². The Morgan fingerprint density at radius 1 is 1.65 bits per heavy atom. The van der Waals surface area contributed by atoms with Crippen LogP contribution in [0.3, 0.4) is 0 Å². The monoisotopic (exact) mass is 318 g/mol. The second-order valence-electron chi connectivity index (χ2n) is 5.74. The third-order valence-electron chi connectivity index (χ3n) is 4.17. The van der Waals surface area contributed by atoms with Gasteiger partial charge in [0.25, 0.3) is 0 Å². The molecule has 0 unspecified atom stereocenters. The Morgan fingerprint density at radius 2 is 2.39 bits per heavy atom. The van der Waals surface area contributed by atoms with Crippen molar-refractivity contribution in [2.45, 2.75) is 25.5 Å². The highest BCUT2D eigenvalue weighted by Gasteiger charge is 2.57. The van der Waals surface area contributed by atoms with Gasteiger partial charge in [0.15, 0.2) is 0 Å². The van der Waals surface area contributed by atoms with Crippen molar-refractivity contribution < 1.29 is 19.4 Å². The standard InChI is InChI=1S/C15H18N4O4/c1-4-5-23-15(22)13-9(10-7-18(3)17-16-10)6-11-12(8(2)20)14(21)19(11)13/h4,7-8,11-12,20H,1,5-6H2,2-3H3/t8-,11-,12-/m1/s1. The molecule has 8 nitrogen and oxygen atoms in total. The molecule has 3 atom stereocenters. The van der Waals surface area contributed by atoms with Gasteiger partial charge in [-0.05, 0) is 13.3 Å². The van der Waals surface area contributed by atoms with Crippen LogP contribution in [0.2, 0.25) is 0 Å². The number of nitrogens with zero attached hydrogens (tertiary/aromatic N) is 4. The van der Waals surface area contributed by atoms with Gasteiger partial charge in [0.1, 0.15) is 18.0 Å². The van der Waals surface area contributed by atoms with Crippen LogP contribution in [0.25, 0.3) is 5.57 Å². The first kappa shape index (κ1) is 15.4. The smallest absolute Gasteiger partial charge is 0.355 e. The molecule has 1 amide bonds. The highest BCUT2D eigenvalue weighted by molar-refractivity contribution is 6.06. The van der Waals surface area contributed by atoms with Crippen molar-refractivity contribution in [2.24, 2.45) is 13.0 Å². The molecule has 0 aliphatic carbocycles. The second kappa shape index (κ2) is 5.62. The summed E-state index contributed by atoms with van der Waals surface area (Å²) in [5.74, 6) is -1.37. The predicted octanol–water partition coefficient (Wildman–Crippen LogP) is -0.133. The Hall–Kier alpha value is -2.48. The Bertz CT molecular complexity index is 706. The number of esters is 1. The van der Waals surface area contributed by atoms with Crippen LogP contribution in [0.15, 0.2) is 24.5 Å². The summed E-state index contributed by atoms with van der Waals surface area (Å²) in [5, 5.41) is 17.7. The average Bonchev–Trinajstić information content (AvgIpc) is 3.05. The molecule has 1 fully saturated rings. The van der Waals surface area contributed by atoms with Gasteiger partial charge in [0.2, 0.25) is 5.91 Å². The van der Waals surface area contributed by atoms with Gasteiger partial charge in [-0.2, -0.15) is 0 Å². The lowest BCUT2D eigenvalue weighted by Gasteiger charge is -2.44. The Balaban J connectivity index is 1.98. The van der Waals surface area contributed by atoms with E-state index in [1.807, 2.05) is 0 Å². The molecule has 0 aromatic carbocycles. The van der Waals surface area contributed by atoms with E-state index in [0.29, 0.717) is 17.7 Å². The summed E-state index contributed by atoms with van der Waals surface area (Å²) in [7, 11) is 1.72. The number of aryl methyl sites for hydroxylation is 1. The number of hydrogen-bond donors (Lipinski definition) is 1. The lowest BCUT2D eigenvalue weighted by Crippen LogP contribution is -2.61. The SMILES string of the molecule is C=CCOC(=O)C1=C(c2cn(C)nn2)C[C@@H]2[C@@H]([C@@H](C)O)C(=O)N12. The van der Waals surface area contributed by atoms with E-state index in [-0.39, 0.29) is 24.3 Å². The molecule has 2 aliphatic heterocycles. The molecule has 0 bridgehead atoms. The number of aromatic nitrogens is 3.